The van der Waals surface area contributed by atoms with Gasteiger partial charge in [-0.2, -0.15) is 5.10 Å². The van der Waals surface area contributed by atoms with Gasteiger partial charge in [0.2, 0.25) is 0 Å². The Bertz CT molecular complexity index is 334. The number of nitrogens with two attached hydrogens (primary N) is 1. The summed E-state index contributed by atoms with van der Waals surface area (Å²) >= 11 is 0. The van der Waals surface area contributed by atoms with Gasteiger partial charge >= 0.3 is 0 Å². The quantitative estimate of drug-likeness (QED) is 0.683. The first-order valence-electron chi connectivity index (χ1n) is 6.69. The smallest absolute Gasteiger partial charge is 0.0854 e. The fraction of sp³-hybridized carbons (Fsp3) is 0.769. The lowest BCUT2D eigenvalue weighted by molar-refractivity contribution is 0.282. The van der Waals surface area contributed by atoms with Crippen LogP contribution in [0.3, 0.4) is 0 Å². The lowest BCUT2D eigenvalue weighted by Crippen LogP contribution is -2.05. The van der Waals surface area contributed by atoms with Crippen molar-refractivity contribution in [2.75, 3.05) is 12.3 Å². The molecule has 98 valence electrons. The van der Waals surface area contributed by atoms with Crippen LogP contribution in [0.2, 0.25) is 0 Å². The van der Waals surface area contributed by atoms with Crippen LogP contribution in [0.15, 0.2) is 0 Å². The molecule has 0 aliphatic carbocycles. The Morgan fingerprint density at radius 3 is 2.41 bits per heavy atom. The summed E-state index contributed by atoms with van der Waals surface area (Å²) in [5.74, 6) is 0. The molecule has 0 fully saturated rings. The number of aromatic nitrogens is 2. The van der Waals surface area contributed by atoms with Crippen LogP contribution in [0.1, 0.15) is 50.9 Å². The van der Waals surface area contributed by atoms with E-state index in [0.29, 0.717) is 6.61 Å². The standard InChI is InChI=1S/C13H25N3O/c1-3-11-13(14)12(4-2)16(15-11)9-7-5-6-8-10-17/h17H,3-10,14H2,1-2H3. The van der Waals surface area contributed by atoms with E-state index in [1.165, 1.54) is 5.69 Å². The Morgan fingerprint density at radius 2 is 1.82 bits per heavy atom. The maximum Gasteiger partial charge on any atom is 0.0854 e. The summed E-state index contributed by atoms with van der Waals surface area (Å²) < 4.78 is 2.06. The molecule has 0 saturated carbocycles. The van der Waals surface area contributed by atoms with Crippen molar-refractivity contribution in [2.24, 2.45) is 0 Å². The van der Waals surface area contributed by atoms with Crippen LogP contribution in [0.4, 0.5) is 5.69 Å². The number of hydrogen-bond acceptors (Lipinski definition) is 3. The van der Waals surface area contributed by atoms with Gasteiger partial charge in [-0.1, -0.05) is 26.7 Å². The highest BCUT2D eigenvalue weighted by atomic mass is 16.2. The van der Waals surface area contributed by atoms with Crippen molar-refractivity contribution in [2.45, 2.75) is 58.9 Å². The minimum Gasteiger partial charge on any atom is -0.396 e. The number of aliphatic hydroxyl groups is 1. The summed E-state index contributed by atoms with van der Waals surface area (Å²) in [4.78, 5) is 0. The Hall–Kier alpha value is -1.03. The van der Waals surface area contributed by atoms with Gasteiger partial charge < -0.3 is 10.8 Å². The van der Waals surface area contributed by atoms with Gasteiger partial charge in [-0.3, -0.25) is 4.68 Å². The molecule has 1 heterocycles. The maximum atomic E-state index is 8.70. The van der Waals surface area contributed by atoms with Crippen LogP contribution in [0.5, 0.6) is 0 Å². The lowest BCUT2D eigenvalue weighted by atomic mass is 10.2. The molecule has 4 nitrogen and oxygen atoms in total. The minimum atomic E-state index is 0.301. The number of unbranched alkanes of at least 4 members (excludes halogenated alkanes) is 3. The second-order valence-electron chi connectivity index (χ2n) is 4.38. The van der Waals surface area contributed by atoms with Gasteiger partial charge in [-0.25, -0.2) is 0 Å². The molecule has 0 aromatic carbocycles. The van der Waals surface area contributed by atoms with Crippen molar-refractivity contribution in [1.29, 1.82) is 0 Å². The average molecular weight is 239 g/mol. The molecule has 0 amide bonds. The van der Waals surface area contributed by atoms with Crippen molar-refractivity contribution in [3.8, 4) is 0 Å². The van der Waals surface area contributed by atoms with Crippen molar-refractivity contribution in [3.63, 3.8) is 0 Å². The topological polar surface area (TPSA) is 64.1 Å². The molecule has 0 radical (unpaired) electrons. The van der Waals surface area contributed by atoms with E-state index >= 15 is 0 Å². The molecular formula is C13H25N3O. The van der Waals surface area contributed by atoms with Gasteiger partial charge in [0.15, 0.2) is 0 Å². The number of aliphatic hydroxyl groups excluding tert-OH is 1. The summed E-state index contributed by atoms with van der Waals surface area (Å²) in [5.41, 5.74) is 9.14. The van der Waals surface area contributed by atoms with Gasteiger partial charge in [-0.15, -0.1) is 0 Å². The summed E-state index contributed by atoms with van der Waals surface area (Å²) in [6.45, 7) is 5.45. The molecule has 0 aliphatic rings. The predicted molar refractivity (Wildman–Crippen MR) is 70.9 cm³/mol. The van der Waals surface area contributed by atoms with Gasteiger partial charge in [0.1, 0.15) is 0 Å². The zero-order chi connectivity index (χ0) is 12.7. The molecule has 0 unspecified atom stereocenters. The van der Waals surface area contributed by atoms with Crippen LogP contribution < -0.4 is 5.73 Å². The van der Waals surface area contributed by atoms with Crippen molar-refractivity contribution in [3.05, 3.63) is 11.4 Å². The maximum absolute atomic E-state index is 8.70. The molecule has 17 heavy (non-hydrogen) atoms. The third-order valence-corrected chi connectivity index (χ3v) is 3.12. The number of anilines is 1. The Labute approximate surface area is 104 Å². The van der Waals surface area contributed by atoms with E-state index in [2.05, 4.69) is 23.6 Å². The van der Waals surface area contributed by atoms with Gasteiger partial charge in [0.25, 0.3) is 0 Å². The first-order chi connectivity index (χ1) is 8.24. The van der Waals surface area contributed by atoms with Crippen LogP contribution >= 0.6 is 0 Å². The molecule has 1 rings (SSSR count). The van der Waals surface area contributed by atoms with E-state index in [4.69, 9.17) is 10.8 Å². The van der Waals surface area contributed by atoms with Crippen LogP contribution in [0.25, 0.3) is 0 Å². The third kappa shape index (κ3) is 3.73. The highest BCUT2D eigenvalue weighted by molar-refractivity contribution is 5.48. The Kier molecular flexibility index (Phi) is 6.05. The molecule has 1 aromatic heterocycles. The zero-order valence-corrected chi connectivity index (χ0v) is 11.1. The first kappa shape index (κ1) is 14.0. The lowest BCUT2D eigenvalue weighted by Gasteiger charge is -2.06. The van der Waals surface area contributed by atoms with Crippen molar-refractivity contribution in [1.82, 2.24) is 9.78 Å². The number of nitrogen functional groups attached to an aromatic ring is 1. The van der Waals surface area contributed by atoms with Gasteiger partial charge in [-0.05, 0) is 25.7 Å². The van der Waals surface area contributed by atoms with Gasteiger partial charge in [0, 0.05) is 13.2 Å². The first-order valence-corrected chi connectivity index (χ1v) is 6.69. The molecule has 0 atom stereocenters. The highest BCUT2D eigenvalue weighted by Crippen LogP contribution is 2.19. The average Bonchev–Trinajstić information content (AvgIpc) is 2.65. The minimum absolute atomic E-state index is 0.301. The molecule has 0 aliphatic heterocycles. The van der Waals surface area contributed by atoms with Gasteiger partial charge in [0.05, 0.1) is 17.1 Å². The van der Waals surface area contributed by atoms with E-state index in [1.54, 1.807) is 0 Å². The normalized spacial score (nSPS) is 11.0. The molecule has 3 N–H and O–H groups in total. The fourth-order valence-electron chi connectivity index (χ4n) is 2.11. The number of aryl methyl sites for hydroxylation is 2. The molecule has 0 spiro atoms. The second kappa shape index (κ2) is 7.33. The van der Waals surface area contributed by atoms with Crippen molar-refractivity contribution < 1.29 is 5.11 Å². The molecule has 0 bridgehead atoms. The zero-order valence-electron chi connectivity index (χ0n) is 11.1. The number of nitrogens with zero attached hydrogens (tertiary/aromatic N) is 2. The van der Waals surface area contributed by atoms with Crippen LogP contribution in [-0.2, 0) is 19.4 Å². The second-order valence-corrected chi connectivity index (χ2v) is 4.38. The summed E-state index contributed by atoms with van der Waals surface area (Å²) in [5, 5.41) is 13.3. The summed E-state index contributed by atoms with van der Waals surface area (Å²) in [6, 6.07) is 0. The van der Waals surface area contributed by atoms with Crippen molar-refractivity contribution >= 4 is 5.69 Å². The van der Waals surface area contributed by atoms with E-state index < -0.39 is 0 Å². The van der Waals surface area contributed by atoms with Crippen LogP contribution in [0, 0.1) is 0 Å². The van der Waals surface area contributed by atoms with E-state index in [-0.39, 0.29) is 0 Å². The molecular weight excluding hydrogens is 214 g/mol. The Morgan fingerprint density at radius 1 is 1.12 bits per heavy atom. The fourth-order valence-corrected chi connectivity index (χ4v) is 2.11. The monoisotopic (exact) mass is 239 g/mol. The molecule has 1 aromatic rings. The van der Waals surface area contributed by atoms with Crippen LogP contribution in [-0.4, -0.2) is 21.5 Å². The summed E-state index contributed by atoms with van der Waals surface area (Å²) in [6.07, 6.45) is 6.09. The highest BCUT2D eigenvalue weighted by Gasteiger charge is 2.11. The largest absolute Gasteiger partial charge is 0.396 e. The third-order valence-electron chi connectivity index (χ3n) is 3.12. The SMILES string of the molecule is CCc1nn(CCCCCCO)c(CC)c1N. The number of rotatable bonds is 8. The Balaban J connectivity index is 2.52. The molecule has 0 saturated heterocycles. The summed E-state index contributed by atoms with van der Waals surface area (Å²) in [7, 11) is 0. The van der Waals surface area contributed by atoms with E-state index in [9.17, 15) is 0 Å². The molecule has 4 heteroatoms. The number of hydrogen-bond donors (Lipinski definition) is 2. The van der Waals surface area contributed by atoms with E-state index in [0.717, 1.165) is 56.5 Å². The van der Waals surface area contributed by atoms with E-state index in [1.807, 2.05) is 0 Å². The predicted octanol–water partition coefficient (Wildman–Crippen LogP) is 2.14.